The SMILES string of the molecule is Oc1cccc2c1-c1cncn1C2CCC1(F)CCC(O)CC1. The Morgan fingerprint density at radius 1 is 1.30 bits per heavy atom. The fraction of sp³-hybridized carbons (Fsp3) is 0.500. The minimum Gasteiger partial charge on any atom is -0.507 e. The Balaban J connectivity index is 1.58. The number of hydrogen-bond acceptors (Lipinski definition) is 3. The molecule has 1 aromatic carbocycles. The van der Waals surface area contributed by atoms with Crippen LogP contribution in [-0.4, -0.2) is 31.5 Å². The second kappa shape index (κ2) is 5.34. The number of aliphatic hydroxyl groups is 1. The molecule has 122 valence electrons. The molecule has 0 bridgehead atoms. The molecule has 2 N–H and O–H groups in total. The predicted molar refractivity (Wildman–Crippen MR) is 85.0 cm³/mol. The van der Waals surface area contributed by atoms with Gasteiger partial charge < -0.3 is 14.8 Å². The van der Waals surface area contributed by atoms with Gasteiger partial charge in [-0.1, -0.05) is 12.1 Å². The van der Waals surface area contributed by atoms with Crippen LogP contribution < -0.4 is 0 Å². The standard InChI is InChI=1S/C18H21FN2O2/c19-18(7-4-12(22)5-8-18)9-6-14-13-2-1-3-16(23)17(13)15-10-20-11-21(14)15/h1-3,10-12,14,22-23H,4-9H2. The Morgan fingerprint density at radius 3 is 2.87 bits per heavy atom. The van der Waals surface area contributed by atoms with Gasteiger partial charge in [0.25, 0.3) is 0 Å². The molecule has 5 heteroatoms. The molecule has 4 nitrogen and oxygen atoms in total. The third-order valence-electron chi connectivity index (χ3n) is 5.41. The van der Waals surface area contributed by atoms with Crippen LogP contribution >= 0.6 is 0 Å². The van der Waals surface area contributed by atoms with Gasteiger partial charge in [-0.15, -0.1) is 0 Å². The number of aromatic nitrogens is 2. The zero-order valence-electron chi connectivity index (χ0n) is 13.0. The molecule has 1 atom stereocenters. The number of rotatable bonds is 3. The number of hydrogen-bond donors (Lipinski definition) is 2. The van der Waals surface area contributed by atoms with Crippen molar-refractivity contribution in [2.45, 2.75) is 56.3 Å². The summed E-state index contributed by atoms with van der Waals surface area (Å²) in [6.45, 7) is 0. The lowest BCUT2D eigenvalue weighted by atomic mass is 9.80. The fourth-order valence-corrected chi connectivity index (χ4v) is 4.07. The molecule has 1 aliphatic carbocycles. The zero-order valence-corrected chi connectivity index (χ0v) is 13.0. The average molecular weight is 316 g/mol. The van der Waals surface area contributed by atoms with E-state index < -0.39 is 5.67 Å². The van der Waals surface area contributed by atoms with E-state index in [0.29, 0.717) is 38.5 Å². The molecule has 4 rings (SSSR count). The lowest BCUT2D eigenvalue weighted by Crippen LogP contribution is -2.32. The number of aliphatic hydroxyl groups excluding tert-OH is 1. The van der Waals surface area contributed by atoms with Crippen LogP contribution in [0, 0.1) is 0 Å². The summed E-state index contributed by atoms with van der Waals surface area (Å²) in [4.78, 5) is 4.18. The molecule has 1 saturated carbocycles. The van der Waals surface area contributed by atoms with Crippen molar-refractivity contribution in [3.05, 3.63) is 36.3 Å². The first-order valence-corrected chi connectivity index (χ1v) is 8.28. The molecule has 0 spiro atoms. The number of fused-ring (bicyclic) bond motifs is 3. The Labute approximate surface area is 134 Å². The number of nitrogens with zero attached hydrogens (tertiary/aromatic N) is 2. The molecule has 2 heterocycles. The van der Waals surface area contributed by atoms with E-state index in [9.17, 15) is 14.6 Å². The Morgan fingerprint density at radius 2 is 2.09 bits per heavy atom. The Bertz CT molecular complexity index is 720. The molecule has 23 heavy (non-hydrogen) atoms. The van der Waals surface area contributed by atoms with Gasteiger partial charge in [0.1, 0.15) is 11.4 Å². The smallest absolute Gasteiger partial charge is 0.125 e. The van der Waals surface area contributed by atoms with Crippen LogP contribution in [0.15, 0.2) is 30.7 Å². The van der Waals surface area contributed by atoms with Crippen molar-refractivity contribution in [3.63, 3.8) is 0 Å². The summed E-state index contributed by atoms with van der Waals surface area (Å²) < 4.78 is 17.0. The van der Waals surface area contributed by atoms with E-state index in [4.69, 9.17) is 0 Å². The zero-order chi connectivity index (χ0) is 16.0. The molecular weight excluding hydrogens is 295 g/mol. The fourth-order valence-electron chi connectivity index (χ4n) is 4.07. The molecule has 0 radical (unpaired) electrons. The van der Waals surface area contributed by atoms with Gasteiger partial charge in [-0.2, -0.15) is 0 Å². The number of alkyl halides is 1. The van der Waals surface area contributed by atoms with Crippen LogP contribution in [0.5, 0.6) is 5.75 Å². The molecule has 1 fully saturated rings. The normalized spacial score (nSPS) is 29.3. The summed E-state index contributed by atoms with van der Waals surface area (Å²) in [6, 6.07) is 5.54. The number of phenolic OH excluding ortho intramolecular Hbond substituents is 1. The quantitative estimate of drug-likeness (QED) is 0.910. The van der Waals surface area contributed by atoms with E-state index in [1.165, 1.54) is 0 Å². The summed E-state index contributed by atoms with van der Waals surface area (Å²) >= 11 is 0. The Kier molecular flexibility index (Phi) is 3.41. The highest BCUT2D eigenvalue weighted by Gasteiger charge is 2.37. The van der Waals surface area contributed by atoms with E-state index in [0.717, 1.165) is 16.8 Å². The minimum atomic E-state index is -1.18. The van der Waals surface area contributed by atoms with Crippen molar-refractivity contribution >= 4 is 0 Å². The summed E-state index contributed by atoms with van der Waals surface area (Å²) in [5.74, 6) is 0.252. The molecule has 0 amide bonds. The lowest BCUT2D eigenvalue weighted by Gasteiger charge is -2.33. The highest BCUT2D eigenvalue weighted by atomic mass is 19.1. The van der Waals surface area contributed by atoms with Gasteiger partial charge in [0, 0.05) is 5.56 Å². The van der Waals surface area contributed by atoms with Crippen LogP contribution in [0.2, 0.25) is 0 Å². The topological polar surface area (TPSA) is 58.3 Å². The largest absolute Gasteiger partial charge is 0.507 e. The van der Waals surface area contributed by atoms with E-state index in [1.54, 1.807) is 18.6 Å². The third kappa shape index (κ3) is 2.43. The molecule has 0 saturated heterocycles. The predicted octanol–water partition coefficient (Wildman–Crippen LogP) is 3.58. The minimum absolute atomic E-state index is 0.0223. The van der Waals surface area contributed by atoms with E-state index in [1.807, 2.05) is 16.7 Å². The Hall–Kier alpha value is -1.88. The van der Waals surface area contributed by atoms with Gasteiger partial charge in [0.05, 0.1) is 30.4 Å². The van der Waals surface area contributed by atoms with Crippen molar-refractivity contribution in [2.24, 2.45) is 0 Å². The maximum atomic E-state index is 15.0. The van der Waals surface area contributed by atoms with Crippen LogP contribution in [-0.2, 0) is 0 Å². The van der Waals surface area contributed by atoms with Crippen LogP contribution in [0.3, 0.4) is 0 Å². The van der Waals surface area contributed by atoms with Gasteiger partial charge in [0.2, 0.25) is 0 Å². The van der Waals surface area contributed by atoms with Gasteiger partial charge in [-0.3, -0.25) is 0 Å². The van der Waals surface area contributed by atoms with Crippen LogP contribution in [0.4, 0.5) is 4.39 Å². The van der Waals surface area contributed by atoms with E-state index in [-0.39, 0.29) is 17.9 Å². The first kappa shape index (κ1) is 14.7. The van der Waals surface area contributed by atoms with Crippen LogP contribution in [0.25, 0.3) is 11.3 Å². The number of benzene rings is 1. The van der Waals surface area contributed by atoms with Gasteiger partial charge >= 0.3 is 0 Å². The second-order valence-corrected chi connectivity index (χ2v) is 6.86. The van der Waals surface area contributed by atoms with Crippen LogP contribution in [0.1, 0.15) is 50.1 Å². The molecule has 1 aromatic heterocycles. The van der Waals surface area contributed by atoms with Crippen molar-refractivity contribution < 1.29 is 14.6 Å². The summed E-state index contributed by atoms with van der Waals surface area (Å²) in [6.07, 6.45) is 6.28. The summed E-state index contributed by atoms with van der Waals surface area (Å²) in [5, 5.41) is 19.7. The summed E-state index contributed by atoms with van der Waals surface area (Å²) in [5.41, 5.74) is 1.58. The molecule has 1 aliphatic heterocycles. The molecule has 1 unspecified atom stereocenters. The van der Waals surface area contributed by atoms with Crippen molar-refractivity contribution in [3.8, 4) is 17.0 Å². The number of halogens is 1. The lowest BCUT2D eigenvalue weighted by molar-refractivity contribution is 0.0253. The van der Waals surface area contributed by atoms with Crippen molar-refractivity contribution in [1.82, 2.24) is 9.55 Å². The maximum absolute atomic E-state index is 15.0. The first-order chi connectivity index (χ1) is 11.1. The highest BCUT2D eigenvalue weighted by molar-refractivity contribution is 5.75. The monoisotopic (exact) mass is 316 g/mol. The first-order valence-electron chi connectivity index (χ1n) is 8.28. The highest BCUT2D eigenvalue weighted by Crippen LogP contribution is 2.47. The molecule has 2 aliphatic rings. The third-order valence-corrected chi connectivity index (χ3v) is 5.41. The van der Waals surface area contributed by atoms with Gasteiger partial charge in [0.15, 0.2) is 0 Å². The van der Waals surface area contributed by atoms with E-state index >= 15 is 0 Å². The van der Waals surface area contributed by atoms with Crippen molar-refractivity contribution in [1.29, 1.82) is 0 Å². The average Bonchev–Trinajstić information content (AvgIpc) is 3.10. The number of imidazole rings is 1. The number of phenols is 1. The summed E-state index contributed by atoms with van der Waals surface area (Å²) in [7, 11) is 0. The van der Waals surface area contributed by atoms with E-state index in [2.05, 4.69) is 4.98 Å². The van der Waals surface area contributed by atoms with Crippen molar-refractivity contribution in [2.75, 3.05) is 0 Å². The maximum Gasteiger partial charge on any atom is 0.125 e. The number of aromatic hydroxyl groups is 1. The van der Waals surface area contributed by atoms with Gasteiger partial charge in [-0.05, 0) is 50.2 Å². The molecular formula is C18H21FN2O2. The van der Waals surface area contributed by atoms with Gasteiger partial charge in [-0.25, -0.2) is 9.37 Å². The second-order valence-electron chi connectivity index (χ2n) is 6.86. The molecule has 2 aromatic rings.